The van der Waals surface area contributed by atoms with Gasteiger partial charge in [0.2, 0.25) is 0 Å². The van der Waals surface area contributed by atoms with E-state index in [-0.39, 0.29) is 5.82 Å². The van der Waals surface area contributed by atoms with E-state index in [4.69, 9.17) is 9.47 Å². The van der Waals surface area contributed by atoms with Crippen molar-refractivity contribution in [3.63, 3.8) is 0 Å². The molecule has 19 heavy (non-hydrogen) atoms. The first kappa shape index (κ1) is 16.1. The first-order chi connectivity index (χ1) is 9.34. The van der Waals surface area contributed by atoms with E-state index in [2.05, 4.69) is 5.32 Å². The fraction of sp³-hybridized carbons (Fsp3) is 0.600. The molecule has 0 radical (unpaired) electrons. The topological polar surface area (TPSA) is 30.5 Å². The third-order valence-electron chi connectivity index (χ3n) is 2.73. The molecule has 1 aromatic carbocycles. The Bertz CT molecular complexity index is 334. The fourth-order valence-corrected chi connectivity index (χ4v) is 1.67. The lowest BCUT2D eigenvalue weighted by Crippen LogP contribution is -2.21. The highest BCUT2D eigenvalue weighted by Gasteiger charge is 1.99. The van der Waals surface area contributed by atoms with Gasteiger partial charge < -0.3 is 14.8 Å². The van der Waals surface area contributed by atoms with Gasteiger partial charge in [-0.2, -0.15) is 0 Å². The molecule has 0 unspecified atom stereocenters. The second-order valence-corrected chi connectivity index (χ2v) is 4.30. The number of unbranched alkanes of at least 4 members (excludes halogenated alkanes) is 1. The lowest BCUT2D eigenvalue weighted by molar-refractivity contribution is 0.119. The van der Waals surface area contributed by atoms with E-state index in [1.807, 2.05) is 13.0 Å². The summed E-state index contributed by atoms with van der Waals surface area (Å²) in [5, 5.41) is 3.29. The van der Waals surface area contributed by atoms with Gasteiger partial charge in [0, 0.05) is 25.3 Å². The third-order valence-corrected chi connectivity index (χ3v) is 2.73. The molecule has 0 aliphatic heterocycles. The smallest absolute Gasteiger partial charge is 0.128 e. The molecular formula is C15H24FNO2. The van der Waals surface area contributed by atoms with E-state index in [0.717, 1.165) is 39.1 Å². The predicted molar refractivity (Wildman–Crippen MR) is 74.7 cm³/mol. The zero-order valence-electron chi connectivity index (χ0n) is 11.7. The lowest BCUT2D eigenvalue weighted by Gasteiger charge is -2.07. The fourth-order valence-electron chi connectivity index (χ4n) is 1.67. The van der Waals surface area contributed by atoms with Crippen LogP contribution in [-0.4, -0.2) is 32.9 Å². The number of hydrogen-bond donors (Lipinski definition) is 1. The van der Waals surface area contributed by atoms with E-state index >= 15 is 0 Å². The highest BCUT2D eigenvalue weighted by atomic mass is 19.1. The average Bonchev–Trinajstić information content (AvgIpc) is 2.43. The number of halogens is 1. The SMILES string of the molecule is CCOCCCCNCCOCc1ccccc1F. The van der Waals surface area contributed by atoms with Crippen LogP contribution in [0.2, 0.25) is 0 Å². The van der Waals surface area contributed by atoms with Crippen LogP contribution in [-0.2, 0) is 16.1 Å². The van der Waals surface area contributed by atoms with Crippen LogP contribution in [0, 0.1) is 5.82 Å². The molecule has 0 aromatic heterocycles. The molecule has 1 rings (SSSR count). The Morgan fingerprint density at radius 1 is 1.05 bits per heavy atom. The molecule has 0 fully saturated rings. The van der Waals surface area contributed by atoms with Crippen molar-refractivity contribution in [3.05, 3.63) is 35.6 Å². The third kappa shape index (κ3) is 7.93. The lowest BCUT2D eigenvalue weighted by atomic mass is 10.2. The number of benzene rings is 1. The van der Waals surface area contributed by atoms with Crippen molar-refractivity contribution in [2.24, 2.45) is 0 Å². The normalized spacial score (nSPS) is 10.8. The van der Waals surface area contributed by atoms with Crippen LogP contribution in [0.1, 0.15) is 25.3 Å². The summed E-state index contributed by atoms with van der Waals surface area (Å²) in [7, 11) is 0. The van der Waals surface area contributed by atoms with Gasteiger partial charge in [0.1, 0.15) is 5.82 Å². The van der Waals surface area contributed by atoms with E-state index in [9.17, 15) is 4.39 Å². The van der Waals surface area contributed by atoms with Gasteiger partial charge in [0.05, 0.1) is 13.2 Å². The van der Waals surface area contributed by atoms with Crippen LogP contribution >= 0.6 is 0 Å². The molecular weight excluding hydrogens is 245 g/mol. The van der Waals surface area contributed by atoms with Crippen LogP contribution in [0.4, 0.5) is 4.39 Å². The largest absolute Gasteiger partial charge is 0.382 e. The quantitative estimate of drug-likeness (QED) is 0.627. The average molecular weight is 269 g/mol. The molecule has 108 valence electrons. The number of rotatable bonds is 11. The summed E-state index contributed by atoms with van der Waals surface area (Å²) in [6.07, 6.45) is 2.18. The standard InChI is InChI=1S/C15H24FNO2/c1-2-18-11-6-5-9-17-10-12-19-13-14-7-3-4-8-15(14)16/h3-4,7-8,17H,2,5-6,9-13H2,1H3. The summed E-state index contributed by atoms with van der Waals surface area (Å²) in [6.45, 7) is 6.32. The monoisotopic (exact) mass is 269 g/mol. The molecule has 0 aliphatic carbocycles. The van der Waals surface area contributed by atoms with Crippen molar-refractivity contribution < 1.29 is 13.9 Å². The Morgan fingerprint density at radius 3 is 2.68 bits per heavy atom. The first-order valence-corrected chi connectivity index (χ1v) is 6.94. The minimum Gasteiger partial charge on any atom is -0.382 e. The molecule has 4 heteroatoms. The molecule has 0 saturated heterocycles. The van der Waals surface area contributed by atoms with Gasteiger partial charge in [-0.15, -0.1) is 0 Å². The van der Waals surface area contributed by atoms with Crippen molar-refractivity contribution >= 4 is 0 Å². The Kier molecular flexibility index (Phi) is 9.23. The molecule has 0 amide bonds. The van der Waals surface area contributed by atoms with E-state index in [1.54, 1.807) is 12.1 Å². The molecule has 0 heterocycles. The summed E-state index contributed by atoms with van der Waals surface area (Å²) in [5.41, 5.74) is 0.610. The van der Waals surface area contributed by atoms with Gasteiger partial charge in [-0.1, -0.05) is 18.2 Å². The Hall–Kier alpha value is -0.970. The molecule has 0 bridgehead atoms. The van der Waals surface area contributed by atoms with Crippen LogP contribution in [0.5, 0.6) is 0 Å². The van der Waals surface area contributed by atoms with Crippen LogP contribution < -0.4 is 5.32 Å². The van der Waals surface area contributed by atoms with Crippen molar-refractivity contribution in [2.45, 2.75) is 26.4 Å². The minimum atomic E-state index is -0.202. The number of ether oxygens (including phenoxy) is 2. The summed E-state index contributed by atoms with van der Waals surface area (Å²) in [4.78, 5) is 0. The van der Waals surface area contributed by atoms with Gasteiger partial charge in [-0.3, -0.25) is 0 Å². The molecule has 0 saturated carbocycles. The van der Waals surface area contributed by atoms with E-state index in [0.29, 0.717) is 18.8 Å². The first-order valence-electron chi connectivity index (χ1n) is 6.94. The van der Waals surface area contributed by atoms with Crippen molar-refractivity contribution in [2.75, 3.05) is 32.9 Å². The Morgan fingerprint density at radius 2 is 1.89 bits per heavy atom. The summed E-state index contributed by atoms with van der Waals surface area (Å²) in [5.74, 6) is -0.202. The molecule has 0 spiro atoms. The maximum Gasteiger partial charge on any atom is 0.128 e. The van der Waals surface area contributed by atoms with Gasteiger partial charge in [-0.05, 0) is 32.4 Å². The number of nitrogens with one attached hydrogen (secondary N) is 1. The van der Waals surface area contributed by atoms with Crippen LogP contribution in [0.25, 0.3) is 0 Å². The Balaban J connectivity index is 1.90. The molecule has 3 nitrogen and oxygen atoms in total. The zero-order chi connectivity index (χ0) is 13.8. The predicted octanol–water partition coefficient (Wildman–Crippen LogP) is 2.75. The second kappa shape index (κ2) is 10.9. The van der Waals surface area contributed by atoms with E-state index in [1.165, 1.54) is 6.07 Å². The zero-order valence-corrected chi connectivity index (χ0v) is 11.7. The summed E-state index contributed by atoms with van der Waals surface area (Å²) < 4.78 is 23.9. The van der Waals surface area contributed by atoms with Gasteiger partial charge in [0.25, 0.3) is 0 Å². The minimum absolute atomic E-state index is 0.202. The van der Waals surface area contributed by atoms with Crippen LogP contribution in [0.15, 0.2) is 24.3 Å². The second-order valence-electron chi connectivity index (χ2n) is 4.30. The summed E-state index contributed by atoms with van der Waals surface area (Å²) >= 11 is 0. The van der Waals surface area contributed by atoms with Crippen molar-refractivity contribution in [3.8, 4) is 0 Å². The van der Waals surface area contributed by atoms with Gasteiger partial charge in [-0.25, -0.2) is 4.39 Å². The maximum absolute atomic E-state index is 13.3. The maximum atomic E-state index is 13.3. The van der Waals surface area contributed by atoms with E-state index < -0.39 is 0 Å². The number of hydrogen-bond acceptors (Lipinski definition) is 3. The molecule has 0 aliphatic rings. The highest BCUT2D eigenvalue weighted by Crippen LogP contribution is 2.07. The van der Waals surface area contributed by atoms with Gasteiger partial charge in [0.15, 0.2) is 0 Å². The molecule has 1 N–H and O–H groups in total. The molecule has 1 aromatic rings. The van der Waals surface area contributed by atoms with Crippen LogP contribution in [0.3, 0.4) is 0 Å². The van der Waals surface area contributed by atoms with Crippen molar-refractivity contribution in [1.82, 2.24) is 5.32 Å². The van der Waals surface area contributed by atoms with Crippen molar-refractivity contribution in [1.29, 1.82) is 0 Å². The summed E-state index contributed by atoms with van der Waals surface area (Å²) in [6, 6.07) is 6.70. The highest BCUT2D eigenvalue weighted by molar-refractivity contribution is 5.16. The van der Waals surface area contributed by atoms with Gasteiger partial charge >= 0.3 is 0 Å². The molecule has 0 atom stereocenters. The Labute approximate surface area is 115 Å².